The zero-order valence-corrected chi connectivity index (χ0v) is 25.3. The summed E-state index contributed by atoms with van der Waals surface area (Å²) in [4.78, 5) is 13.1. The lowest BCUT2D eigenvalue weighted by atomic mass is 10.0. The number of nitrogens with zero attached hydrogens (tertiary/aromatic N) is 2. The molecule has 224 valence electrons. The van der Waals surface area contributed by atoms with Crippen LogP contribution in [-0.4, -0.2) is 74.4 Å². The molecule has 0 amide bonds. The predicted molar refractivity (Wildman–Crippen MR) is 163 cm³/mol. The van der Waals surface area contributed by atoms with E-state index in [1.807, 2.05) is 53.1 Å². The molecule has 0 unspecified atom stereocenters. The number of sulfonamides is 1. The molecule has 0 fully saturated rings. The number of carbonyl (C=O) groups excluding carboxylic acids is 1. The van der Waals surface area contributed by atoms with Gasteiger partial charge in [-0.2, -0.15) is 0 Å². The molecule has 9 nitrogen and oxygen atoms in total. The zero-order chi connectivity index (χ0) is 30.3. The van der Waals surface area contributed by atoms with E-state index in [0.717, 1.165) is 34.2 Å². The van der Waals surface area contributed by atoms with Crippen LogP contribution in [0.5, 0.6) is 5.75 Å². The zero-order valence-electron chi connectivity index (χ0n) is 24.5. The maximum absolute atomic E-state index is 12.9. The van der Waals surface area contributed by atoms with Crippen LogP contribution in [-0.2, 0) is 27.7 Å². The SMILES string of the molecule is CCOC(=O)c1cc2cc(C[C@@H](C)NC[C@H](O)COc3ccccc3)ccc2n1Cc1ccc(S(=O)(=O)N(C)C)cc1. The molecule has 1 heterocycles. The maximum Gasteiger partial charge on any atom is 0.354 e. The van der Waals surface area contributed by atoms with E-state index in [0.29, 0.717) is 18.8 Å². The van der Waals surface area contributed by atoms with E-state index in [2.05, 4.69) is 18.3 Å². The lowest BCUT2D eigenvalue weighted by molar-refractivity contribution is 0.0515. The van der Waals surface area contributed by atoms with Gasteiger partial charge < -0.3 is 24.5 Å². The monoisotopic (exact) mass is 593 g/mol. The van der Waals surface area contributed by atoms with Crippen LogP contribution in [0.4, 0.5) is 0 Å². The van der Waals surface area contributed by atoms with Gasteiger partial charge in [0.05, 0.1) is 11.5 Å². The Bertz CT molecular complexity index is 1580. The van der Waals surface area contributed by atoms with E-state index in [1.165, 1.54) is 18.4 Å². The molecular weight excluding hydrogens is 554 g/mol. The summed E-state index contributed by atoms with van der Waals surface area (Å²) in [6, 6.07) is 24.1. The number of fused-ring (bicyclic) bond motifs is 1. The highest BCUT2D eigenvalue weighted by atomic mass is 32.2. The highest BCUT2D eigenvalue weighted by Crippen LogP contribution is 2.25. The molecule has 2 N–H and O–H groups in total. The highest BCUT2D eigenvalue weighted by Gasteiger charge is 2.20. The molecule has 42 heavy (non-hydrogen) atoms. The van der Waals surface area contributed by atoms with Gasteiger partial charge in [0.15, 0.2) is 0 Å². The van der Waals surface area contributed by atoms with Gasteiger partial charge >= 0.3 is 5.97 Å². The number of aliphatic hydroxyl groups is 1. The molecule has 10 heteroatoms. The lowest BCUT2D eigenvalue weighted by Gasteiger charge is -2.18. The summed E-state index contributed by atoms with van der Waals surface area (Å²) in [7, 11) is -0.536. The number of para-hydroxylation sites is 1. The van der Waals surface area contributed by atoms with Crippen molar-refractivity contribution in [3.63, 3.8) is 0 Å². The minimum absolute atomic E-state index is 0.0948. The number of benzene rings is 3. The smallest absolute Gasteiger partial charge is 0.354 e. The van der Waals surface area contributed by atoms with Crippen LogP contribution >= 0.6 is 0 Å². The van der Waals surface area contributed by atoms with E-state index >= 15 is 0 Å². The number of ether oxygens (including phenoxy) is 2. The number of nitrogens with one attached hydrogen (secondary N) is 1. The Kier molecular flexibility index (Phi) is 10.4. The molecular formula is C32H39N3O6S. The summed E-state index contributed by atoms with van der Waals surface area (Å²) in [6.07, 6.45) is 0.0811. The van der Waals surface area contributed by atoms with Crippen LogP contribution in [0.25, 0.3) is 10.9 Å². The van der Waals surface area contributed by atoms with Gasteiger partial charge in [-0.15, -0.1) is 0 Å². The van der Waals surface area contributed by atoms with E-state index in [1.54, 1.807) is 31.2 Å². The van der Waals surface area contributed by atoms with Crippen LogP contribution < -0.4 is 10.1 Å². The predicted octanol–water partition coefficient (Wildman–Crippen LogP) is 4.08. The van der Waals surface area contributed by atoms with Gasteiger partial charge in [-0.3, -0.25) is 0 Å². The Morgan fingerprint density at radius 2 is 1.69 bits per heavy atom. The average Bonchev–Trinajstić information content (AvgIpc) is 3.33. The number of esters is 1. The fraction of sp³-hybridized carbons (Fsp3) is 0.344. The van der Waals surface area contributed by atoms with Gasteiger partial charge in [0.2, 0.25) is 10.0 Å². The van der Waals surface area contributed by atoms with Crippen molar-refractivity contribution < 1.29 is 27.8 Å². The first-order valence-corrected chi connectivity index (χ1v) is 15.4. The van der Waals surface area contributed by atoms with Gasteiger partial charge in [-0.1, -0.05) is 36.4 Å². The molecule has 0 radical (unpaired) electrons. The molecule has 4 rings (SSSR count). The van der Waals surface area contributed by atoms with Gasteiger partial charge in [-0.25, -0.2) is 17.5 Å². The third kappa shape index (κ3) is 7.77. The normalized spacial score (nSPS) is 13.3. The van der Waals surface area contributed by atoms with Crippen molar-refractivity contribution in [2.45, 2.75) is 43.9 Å². The Hall–Kier alpha value is -3.70. The third-order valence-corrected chi connectivity index (χ3v) is 8.75. The van der Waals surface area contributed by atoms with Crippen molar-refractivity contribution in [1.29, 1.82) is 0 Å². The molecule has 0 saturated carbocycles. The first kappa shape index (κ1) is 31.2. The van der Waals surface area contributed by atoms with Crippen molar-refractivity contribution in [1.82, 2.24) is 14.2 Å². The standard InChI is InChI=1S/C32H39N3O6S/c1-5-40-32(37)31-19-26-18-25(17-23(2)33-20-27(36)22-41-28-9-7-6-8-10-28)13-16-30(26)35(31)21-24-11-14-29(15-12-24)42(38,39)34(3)4/h6-16,18-19,23,27,33,36H,5,17,20-22H2,1-4H3/t23-,27+/m1/s1. The highest BCUT2D eigenvalue weighted by molar-refractivity contribution is 7.89. The summed E-state index contributed by atoms with van der Waals surface area (Å²) in [5.41, 5.74) is 3.25. The van der Waals surface area contributed by atoms with Gasteiger partial charge in [-0.05, 0) is 73.9 Å². The number of hydrogen-bond acceptors (Lipinski definition) is 7. The minimum Gasteiger partial charge on any atom is -0.491 e. The average molecular weight is 594 g/mol. The number of aliphatic hydroxyl groups excluding tert-OH is 1. The first-order valence-electron chi connectivity index (χ1n) is 14.0. The molecule has 4 aromatic rings. The lowest BCUT2D eigenvalue weighted by Crippen LogP contribution is -2.37. The molecule has 0 aliphatic rings. The van der Waals surface area contributed by atoms with Crippen molar-refractivity contribution in [3.8, 4) is 5.75 Å². The van der Waals surface area contributed by atoms with Crippen molar-refractivity contribution in [3.05, 3.63) is 95.7 Å². The van der Waals surface area contributed by atoms with Crippen LogP contribution in [0.3, 0.4) is 0 Å². The second-order valence-electron chi connectivity index (χ2n) is 10.5. The first-order chi connectivity index (χ1) is 20.1. The number of hydrogen-bond donors (Lipinski definition) is 2. The van der Waals surface area contributed by atoms with E-state index in [4.69, 9.17) is 9.47 Å². The minimum atomic E-state index is -3.53. The molecule has 1 aromatic heterocycles. The fourth-order valence-electron chi connectivity index (χ4n) is 4.68. The van der Waals surface area contributed by atoms with E-state index < -0.39 is 22.1 Å². The second kappa shape index (κ2) is 14.0. The Morgan fingerprint density at radius 3 is 2.36 bits per heavy atom. The largest absolute Gasteiger partial charge is 0.491 e. The summed E-state index contributed by atoms with van der Waals surface area (Å²) in [5, 5.41) is 14.6. The van der Waals surface area contributed by atoms with E-state index in [-0.39, 0.29) is 24.2 Å². The molecule has 2 atom stereocenters. The van der Waals surface area contributed by atoms with Crippen LogP contribution in [0, 0.1) is 0 Å². The van der Waals surface area contributed by atoms with E-state index in [9.17, 15) is 18.3 Å². The van der Waals surface area contributed by atoms with Crippen molar-refractivity contribution >= 4 is 26.9 Å². The Morgan fingerprint density at radius 1 is 1.00 bits per heavy atom. The second-order valence-corrected chi connectivity index (χ2v) is 12.6. The molecule has 0 saturated heterocycles. The van der Waals surface area contributed by atoms with Gasteiger partial charge in [0, 0.05) is 44.1 Å². The fourth-order valence-corrected chi connectivity index (χ4v) is 5.58. The summed E-state index contributed by atoms with van der Waals surface area (Å²) in [6.45, 7) is 5.06. The van der Waals surface area contributed by atoms with Gasteiger partial charge in [0.1, 0.15) is 24.2 Å². The van der Waals surface area contributed by atoms with Gasteiger partial charge in [0.25, 0.3) is 0 Å². The third-order valence-electron chi connectivity index (χ3n) is 6.92. The summed E-state index contributed by atoms with van der Waals surface area (Å²) in [5.74, 6) is 0.310. The molecule has 0 spiro atoms. The number of rotatable bonds is 14. The quantitative estimate of drug-likeness (QED) is 0.212. The maximum atomic E-state index is 12.9. The van der Waals surface area contributed by atoms with Crippen molar-refractivity contribution in [2.24, 2.45) is 0 Å². The Balaban J connectivity index is 1.46. The van der Waals surface area contributed by atoms with Crippen LogP contribution in [0.15, 0.2) is 83.8 Å². The Labute approximate surface area is 247 Å². The van der Waals surface area contributed by atoms with Crippen LogP contribution in [0.2, 0.25) is 0 Å². The summed E-state index contributed by atoms with van der Waals surface area (Å²) < 4.78 is 38.9. The number of carbonyl (C=O) groups is 1. The summed E-state index contributed by atoms with van der Waals surface area (Å²) >= 11 is 0. The van der Waals surface area contributed by atoms with Crippen LogP contribution in [0.1, 0.15) is 35.5 Å². The molecule has 0 aliphatic heterocycles. The topological polar surface area (TPSA) is 110 Å². The molecule has 3 aromatic carbocycles. The number of aromatic nitrogens is 1. The molecule has 0 aliphatic carbocycles. The molecule has 0 bridgehead atoms. The van der Waals surface area contributed by atoms with Crippen molar-refractivity contribution in [2.75, 3.05) is 33.9 Å².